The minimum atomic E-state index is -4.53. The highest BCUT2D eigenvalue weighted by atomic mass is 31.1. The molecule has 0 aliphatic rings. The normalized spacial score (nSPS) is 14.2. The minimum Gasteiger partial charge on any atom is -0.493 e. The van der Waals surface area contributed by atoms with Crippen molar-refractivity contribution < 1.29 is 32.1 Å². The number of hydrogen-bond acceptors (Lipinski definition) is 5. The molecule has 0 saturated carbocycles. The van der Waals surface area contributed by atoms with E-state index in [0.717, 1.165) is 31.7 Å². The molecule has 0 bridgehead atoms. The lowest BCUT2D eigenvalue weighted by molar-refractivity contribution is -0.139. The van der Waals surface area contributed by atoms with E-state index in [-0.39, 0.29) is 31.8 Å². The molecule has 1 atom stereocenters. The minimum absolute atomic E-state index is 0.167. The van der Waals surface area contributed by atoms with Crippen molar-refractivity contribution in [2.45, 2.75) is 63.6 Å². The monoisotopic (exact) mass is 423 g/mol. The molecule has 5 nitrogen and oxygen atoms in total. The molecule has 0 aliphatic carbocycles. The first kappa shape index (κ1) is 24.8. The third-order valence-electron chi connectivity index (χ3n) is 4.49. The summed E-state index contributed by atoms with van der Waals surface area (Å²) in [5.74, 6) is -0.179. The molecule has 160 valence electrons. The van der Waals surface area contributed by atoms with Crippen molar-refractivity contribution in [1.82, 2.24) is 0 Å². The summed E-state index contributed by atoms with van der Waals surface area (Å²) in [7, 11) is -0.567. The van der Waals surface area contributed by atoms with E-state index in [4.69, 9.17) is 10.5 Å². The van der Waals surface area contributed by atoms with Crippen LogP contribution in [0, 0.1) is 0 Å². The fraction of sp³-hybridized carbons (Fsp3) is 0.684. The summed E-state index contributed by atoms with van der Waals surface area (Å²) in [5.41, 5.74) is 4.36. The highest BCUT2D eigenvalue weighted by Crippen LogP contribution is 2.37. The van der Waals surface area contributed by atoms with Crippen LogP contribution in [0.15, 0.2) is 18.2 Å². The van der Waals surface area contributed by atoms with Crippen molar-refractivity contribution in [3.05, 3.63) is 29.3 Å². The summed E-state index contributed by atoms with van der Waals surface area (Å²) in [6.45, 7) is 1.74. The van der Waals surface area contributed by atoms with Crippen LogP contribution in [0.4, 0.5) is 13.2 Å². The van der Waals surface area contributed by atoms with Crippen molar-refractivity contribution in [1.29, 1.82) is 0 Å². The first-order valence-electron chi connectivity index (χ1n) is 9.43. The Morgan fingerprint density at radius 1 is 1.18 bits per heavy atom. The predicted octanol–water partition coefficient (Wildman–Crippen LogP) is 4.90. The molecule has 0 fully saturated rings. The van der Waals surface area contributed by atoms with Crippen LogP contribution in [-0.4, -0.2) is 30.5 Å². The lowest BCUT2D eigenvalue weighted by Gasteiger charge is -2.25. The lowest BCUT2D eigenvalue weighted by atomic mass is 9.93. The summed E-state index contributed by atoms with van der Waals surface area (Å²) in [6, 6.07) is 3.94. The standard InChI is InChI=1S/C19H29F3NO4P/c1-2-3-4-5-6-11-26-17-8-7-15(12-16(17)19(20,21)22)9-10-18(23,13-24)14-27-28-25/h7-8,12,24H,2-6,9-11,13-14,23H2,1H3/t18-/m1/s1. The molecule has 0 radical (unpaired) electrons. The number of unbranched alkanes of at least 4 members (excludes halogenated alkanes) is 4. The number of halogens is 3. The van der Waals surface area contributed by atoms with Gasteiger partial charge in [0.15, 0.2) is 0 Å². The van der Waals surface area contributed by atoms with E-state index in [0.29, 0.717) is 12.0 Å². The van der Waals surface area contributed by atoms with Crippen molar-refractivity contribution in [2.75, 3.05) is 19.8 Å². The maximum atomic E-state index is 13.4. The molecule has 0 heterocycles. The Kier molecular flexibility index (Phi) is 11.0. The number of ether oxygens (including phenoxy) is 1. The zero-order valence-electron chi connectivity index (χ0n) is 16.1. The molecule has 1 rings (SSSR count). The fourth-order valence-corrected chi connectivity index (χ4v) is 3.02. The van der Waals surface area contributed by atoms with Crippen LogP contribution in [-0.2, 0) is 21.7 Å². The SMILES string of the molecule is CCCCCCCOc1ccc(CC[C@@](N)(CO)COP=O)cc1C(F)(F)F. The Morgan fingerprint density at radius 2 is 1.89 bits per heavy atom. The number of aliphatic hydroxyl groups excluding tert-OH is 1. The summed E-state index contributed by atoms with van der Waals surface area (Å²) < 4.78 is 60.7. The Balaban J connectivity index is 2.76. The number of nitrogens with two attached hydrogens (primary N) is 1. The molecule has 0 amide bonds. The molecule has 3 N–H and O–H groups in total. The highest BCUT2D eigenvalue weighted by molar-refractivity contribution is 7.17. The molecule has 1 aromatic rings. The maximum absolute atomic E-state index is 13.4. The lowest BCUT2D eigenvalue weighted by Crippen LogP contribution is -2.47. The smallest absolute Gasteiger partial charge is 0.419 e. The van der Waals surface area contributed by atoms with Gasteiger partial charge in [-0.1, -0.05) is 38.7 Å². The molecular formula is C19H29F3NO4P. The number of hydrogen-bond donors (Lipinski definition) is 2. The summed E-state index contributed by atoms with van der Waals surface area (Å²) >= 11 is 0. The van der Waals surface area contributed by atoms with Crippen LogP contribution in [0.5, 0.6) is 5.75 Å². The van der Waals surface area contributed by atoms with E-state index in [1.165, 1.54) is 6.07 Å². The third kappa shape index (κ3) is 8.86. The van der Waals surface area contributed by atoms with E-state index in [1.54, 1.807) is 6.07 Å². The maximum Gasteiger partial charge on any atom is 0.419 e. The predicted molar refractivity (Wildman–Crippen MR) is 102 cm³/mol. The van der Waals surface area contributed by atoms with E-state index in [2.05, 4.69) is 11.4 Å². The van der Waals surface area contributed by atoms with Gasteiger partial charge in [-0.25, -0.2) is 4.57 Å². The van der Waals surface area contributed by atoms with Crippen LogP contribution >= 0.6 is 8.69 Å². The largest absolute Gasteiger partial charge is 0.493 e. The quantitative estimate of drug-likeness (QED) is 0.329. The second-order valence-corrected chi connectivity index (χ2v) is 7.37. The van der Waals surface area contributed by atoms with Crippen LogP contribution in [0.2, 0.25) is 0 Å². The van der Waals surface area contributed by atoms with Gasteiger partial charge in [0.1, 0.15) is 5.75 Å². The van der Waals surface area contributed by atoms with Gasteiger partial charge in [0.2, 0.25) is 0 Å². The summed E-state index contributed by atoms with van der Waals surface area (Å²) in [5, 5.41) is 9.38. The topological polar surface area (TPSA) is 81.8 Å². The Hall–Kier alpha value is -1.21. The Bertz CT molecular complexity index is 601. The van der Waals surface area contributed by atoms with Crippen molar-refractivity contribution in [3.63, 3.8) is 0 Å². The van der Waals surface area contributed by atoms with Crippen molar-refractivity contribution in [3.8, 4) is 5.75 Å². The molecule has 1 aromatic carbocycles. The number of rotatable bonds is 14. The number of alkyl halides is 3. The van der Waals surface area contributed by atoms with Gasteiger partial charge < -0.3 is 15.6 Å². The van der Waals surface area contributed by atoms with Crippen molar-refractivity contribution >= 4 is 8.69 Å². The van der Waals surface area contributed by atoms with Gasteiger partial charge in [-0.05, 0) is 37.0 Å². The zero-order valence-corrected chi connectivity index (χ0v) is 17.0. The van der Waals surface area contributed by atoms with Crippen LogP contribution in [0.3, 0.4) is 0 Å². The molecule has 0 aromatic heterocycles. The molecule has 0 unspecified atom stereocenters. The second kappa shape index (κ2) is 12.4. The van der Waals surface area contributed by atoms with Gasteiger partial charge in [0.05, 0.1) is 30.9 Å². The highest BCUT2D eigenvalue weighted by Gasteiger charge is 2.35. The molecular weight excluding hydrogens is 394 g/mol. The number of aryl methyl sites for hydroxylation is 1. The van der Waals surface area contributed by atoms with Crippen molar-refractivity contribution in [2.24, 2.45) is 5.73 Å². The van der Waals surface area contributed by atoms with Gasteiger partial charge in [-0.3, -0.25) is 4.52 Å². The Morgan fingerprint density at radius 3 is 2.50 bits per heavy atom. The first-order chi connectivity index (χ1) is 13.3. The van der Waals surface area contributed by atoms with E-state index >= 15 is 0 Å². The van der Waals surface area contributed by atoms with Crippen LogP contribution in [0.25, 0.3) is 0 Å². The number of aliphatic hydroxyl groups is 1. The average molecular weight is 423 g/mol. The molecule has 9 heteroatoms. The van der Waals surface area contributed by atoms with Crippen LogP contribution in [0.1, 0.15) is 56.6 Å². The van der Waals surface area contributed by atoms with E-state index < -0.39 is 32.6 Å². The van der Waals surface area contributed by atoms with E-state index in [1.807, 2.05) is 0 Å². The van der Waals surface area contributed by atoms with Crippen LogP contribution < -0.4 is 10.5 Å². The molecule has 0 saturated heterocycles. The summed E-state index contributed by atoms with van der Waals surface area (Å²) in [6.07, 6.45) is 0.746. The third-order valence-corrected chi connectivity index (χ3v) is 4.72. The summed E-state index contributed by atoms with van der Waals surface area (Å²) in [4.78, 5) is 0. The van der Waals surface area contributed by atoms with Gasteiger partial charge in [-0.2, -0.15) is 13.2 Å². The number of benzene rings is 1. The van der Waals surface area contributed by atoms with Gasteiger partial charge in [0.25, 0.3) is 0 Å². The van der Waals surface area contributed by atoms with Gasteiger partial charge >= 0.3 is 14.9 Å². The molecule has 0 aliphatic heterocycles. The molecule has 28 heavy (non-hydrogen) atoms. The second-order valence-electron chi connectivity index (χ2n) is 6.96. The fourth-order valence-electron chi connectivity index (χ4n) is 2.71. The zero-order chi connectivity index (χ0) is 21.0. The average Bonchev–Trinajstić information content (AvgIpc) is 2.67. The van der Waals surface area contributed by atoms with Gasteiger partial charge in [-0.15, -0.1) is 0 Å². The van der Waals surface area contributed by atoms with E-state index in [9.17, 15) is 22.8 Å². The first-order valence-corrected chi connectivity index (χ1v) is 10.2. The molecule has 0 spiro atoms. The Labute approximate surface area is 165 Å². The van der Waals surface area contributed by atoms with Gasteiger partial charge in [0, 0.05) is 0 Å².